The van der Waals surface area contributed by atoms with E-state index in [0.29, 0.717) is 12.8 Å². The van der Waals surface area contributed by atoms with E-state index in [2.05, 4.69) is 10.2 Å². The number of benzene rings is 2. The Morgan fingerprint density at radius 2 is 1.10 bits per heavy atom. The minimum atomic E-state index is 0.261. The molecule has 0 saturated carbocycles. The third kappa shape index (κ3) is 3.95. The van der Waals surface area contributed by atoms with Crippen LogP contribution in [0.3, 0.4) is 0 Å². The fraction of sp³-hybridized carbons (Fsp3) is 0.125. The number of hydrogen-bond acceptors (Lipinski definition) is 4. The lowest BCUT2D eigenvalue weighted by atomic mass is 10.1. The summed E-state index contributed by atoms with van der Waals surface area (Å²) >= 11 is 0. The SMILES string of the molecule is Oc1ccccc1C/C=N/N=C/Cc1ccccc1O. The molecule has 2 aromatic rings. The molecule has 0 aromatic heterocycles. The number of nitrogens with zero attached hydrogens (tertiary/aromatic N) is 2. The predicted molar refractivity (Wildman–Crippen MR) is 80.6 cm³/mol. The van der Waals surface area contributed by atoms with Gasteiger partial charge in [-0.05, 0) is 23.3 Å². The smallest absolute Gasteiger partial charge is 0.119 e. The lowest BCUT2D eigenvalue weighted by Gasteiger charge is -1.98. The van der Waals surface area contributed by atoms with E-state index in [1.54, 1.807) is 36.7 Å². The average Bonchev–Trinajstić information content (AvgIpc) is 2.46. The molecule has 4 heteroatoms. The molecule has 2 rings (SSSR count). The molecule has 0 aliphatic rings. The first-order valence-corrected chi connectivity index (χ1v) is 6.34. The van der Waals surface area contributed by atoms with Crippen LogP contribution < -0.4 is 0 Å². The first-order valence-electron chi connectivity index (χ1n) is 6.34. The van der Waals surface area contributed by atoms with Gasteiger partial charge in [-0.3, -0.25) is 0 Å². The number of para-hydroxylation sites is 2. The molecule has 0 unspecified atom stereocenters. The molecule has 0 fully saturated rings. The summed E-state index contributed by atoms with van der Waals surface area (Å²) in [6, 6.07) is 14.3. The van der Waals surface area contributed by atoms with Crippen molar-refractivity contribution in [3.05, 3.63) is 59.7 Å². The Labute approximate surface area is 117 Å². The number of aromatic hydroxyl groups is 2. The summed E-state index contributed by atoms with van der Waals surface area (Å²) < 4.78 is 0. The van der Waals surface area contributed by atoms with Crippen molar-refractivity contribution in [2.75, 3.05) is 0 Å². The second-order valence-corrected chi connectivity index (χ2v) is 4.26. The second kappa shape index (κ2) is 7.09. The van der Waals surface area contributed by atoms with E-state index < -0.39 is 0 Å². The molecule has 102 valence electrons. The maximum absolute atomic E-state index is 9.56. The van der Waals surface area contributed by atoms with E-state index in [0.717, 1.165) is 11.1 Å². The highest BCUT2D eigenvalue weighted by molar-refractivity contribution is 5.66. The summed E-state index contributed by atoms with van der Waals surface area (Å²) in [5.74, 6) is 0.522. The van der Waals surface area contributed by atoms with Crippen LogP contribution >= 0.6 is 0 Å². The minimum absolute atomic E-state index is 0.261. The van der Waals surface area contributed by atoms with Gasteiger partial charge in [0.05, 0.1) is 0 Å². The van der Waals surface area contributed by atoms with Gasteiger partial charge in [-0.1, -0.05) is 36.4 Å². The van der Waals surface area contributed by atoms with E-state index >= 15 is 0 Å². The zero-order valence-corrected chi connectivity index (χ0v) is 11.0. The maximum atomic E-state index is 9.56. The van der Waals surface area contributed by atoms with Crippen molar-refractivity contribution in [2.45, 2.75) is 12.8 Å². The van der Waals surface area contributed by atoms with E-state index in [-0.39, 0.29) is 11.5 Å². The predicted octanol–water partition coefficient (Wildman–Crippen LogP) is 2.94. The highest BCUT2D eigenvalue weighted by Crippen LogP contribution is 2.15. The first kappa shape index (κ1) is 13.8. The zero-order valence-electron chi connectivity index (χ0n) is 11.0. The quantitative estimate of drug-likeness (QED) is 0.646. The normalized spacial score (nSPS) is 11.4. The molecule has 0 radical (unpaired) electrons. The lowest BCUT2D eigenvalue weighted by molar-refractivity contribution is 0.470. The summed E-state index contributed by atoms with van der Waals surface area (Å²) in [5, 5.41) is 26.9. The van der Waals surface area contributed by atoms with Crippen LogP contribution in [0.5, 0.6) is 11.5 Å². The van der Waals surface area contributed by atoms with Crippen LogP contribution in [0, 0.1) is 0 Å². The Balaban J connectivity index is 1.83. The summed E-state index contributed by atoms with van der Waals surface area (Å²) in [4.78, 5) is 0. The van der Waals surface area contributed by atoms with Crippen molar-refractivity contribution >= 4 is 12.4 Å². The van der Waals surface area contributed by atoms with Crippen molar-refractivity contribution in [1.82, 2.24) is 0 Å². The van der Waals surface area contributed by atoms with Gasteiger partial charge in [-0.2, -0.15) is 10.2 Å². The van der Waals surface area contributed by atoms with Crippen molar-refractivity contribution in [3.8, 4) is 11.5 Å². The molecule has 0 heterocycles. The topological polar surface area (TPSA) is 65.2 Å². The van der Waals surface area contributed by atoms with Gasteiger partial charge in [0.15, 0.2) is 0 Å². The maximum Gasteiger partial charge on any atom is 0.119 e. The molecule has 0 spiro atoms. The van der Waals surface area contributed by atoms with Gasteiger partial charge < -0.3 is 10.2 Å². The fourth-order valence-electron chi connectivity index (χ4n) is 1.74. The van der Waals surface area contributed by atoms with Crippen LogP contribution in [0.15, 0.2) is 58.7 Å². The van der Waals surface area contributed by atoms with Crippen molar-refractivity contribution in [3.63, 3.8) is 0 Å². The third-order valence-corrected chi connectivity index (χ3v) is 2.84. The van der Waals surface area contributed by atoms with Crippen molar-refractivity contribution in [2.24, 2.45) is 10.2 Å². The molecule has 4 nitrogen and oxygen atoms in total. The Bertz CT molecular complexity index is 566. The van der Waals surface area contributed by atoms with E-state index in [1.807, 2.05) is 24.3 Å². The highest BCUT2D eigenvalue weighted by atomic mass is 16.3. The minimum Gasteiger partial charge on any atom is -0.508 e. The van der Waals surface area contributed by atoms with Gasteiger partial charge >= 0.3 is 0 Å². The summed E-state index contributed by atoms with van der Waals surface area (Å²) in [6.07, 6.45) is 4.33. The number of phenolic OH excluding ortho intramolecular Hbond substituents is 2. The van der Waals surface area contributed by atoms with Gasteiger partial charge in [0.2, 0.25) is 0 Å². The molecule has 0 atom stereocenters. The molecule has 2 N–H and O–H groups in total. The molecule has 0 aliphatic carbocycles. The largest absolute Gasteiger partial charge is 0.508 e. The van der Waals surface area contributed by atoms with Gasteiger partial charge in [-0.25, -0.2) is 0 Å². The van der Waals surface area contributed by atoms with Gasteiger partial charge in [0, 0.05) is 25.3 Å². The fourth-order valence-corrected chi connectivity index (χ4v) is 1.74. The molecule has 0 bridgehead atoms. The molecular weight excluding hydrogens is 252 g/mol. The molecule has 0 amide bonds. The first-order chi connectivity index (χ1) is 9.77. The average molecular weight is 268 g/mol. The Morgan fingerprint density at radius 1 is 0.700 bits per heavy atom. The third-order valence-electron chi connectivity index (χ3n) is 2.84. The second-order valence-electron chi connectivity index (χ2n) is 4.26. The Kier molecular flexibility index (Phi) is 4.89. The van der Waals surface area contributed by atoms with E-state index in [9.17, 15) is 10.2 Å². The number of phenols is 2. The van der Waals surface area contributed by atoms with Crippen LogP contribution in [-0.4, -0.2) is 22.6 Å². The molecule has 0 saturated heterocycles. The lowest BCUT2D eigenvalue weighted by Crippen LogP contribution is -1.87. The van der Waals surface area contributed by atoms with Gasteiger partial charge in [0.25, 0.3) is 0 Å². The van der Waals surface area contributed by atoms with Gasteiger partial charge in [0.1, 0.15) is 11.5 Å². The molecule has 0 aliphatic heterocycles. The molecule has 20 heavy (non-hydrogen) atoms. The van der Waals surface area contributed by atoms with Gasteiger partial charge in [-0.15, -0.1) is 0 Å². The Hall–Kier alpha value is -2.62. The number of hydrogen-bond donors (Lipinski definition) is 2. The Morgan fingerprint density at radius 3 is 1.50 bits per heavy atom. The van der Waals surface area contributed by atoms with Crippen LogP contribution in [0.25, 0.3) is 0 Å². The monoisotopic (exact) mass is 268 g/mol. The summed E-state index contributed by atoms with van der Waals surface area (Å²) in [7, 11) is 0. The summed E-state index contributed by atoms with van der Waals surface area (Å²) in [5.41, 5.74) is 1.62. The van der Waals surface area contributed by atoms with Crippen LogP contribution in [0.2, 0.25) is 0 Å². The van der Waals surface area contributed by atoms with Crippen molar-refractivity contribution < 1.29 is 10.2 Å². The summed E-state index contributed by atoms with van der Waals surface area (Å²) in [6.45, 7) is 0. The molecule has 2 aromatic carbocycles. The molecular formula is C16H16N2O2. The highest BCUT2D eigenvalue weighted by Gasteiger charge is 1.97. The van der Waals surface area contributed by atoms with Crippen LogP contribution in [0.1, 0.15) is 11.1 Å². The van der Waals surface area contributed by atoms with Crippen LogP contribution in [0.4, 0.5) is 0 Å². The standard InChI is InChI=1S/C16H16N2O2/c19-15-7-3-1-5-13(15)9-11-17-18-12-10-14-6-2-4-8-16(14)20/h1-8,11-12,19-20H,9-10H2/b17-11+,18-12+. The number of rotatable bonds is 5. The van der Waals surface area contributed by atoms with Crippen LogP contribution in [-0.2, 0) is 12.8 Å². The van der Waals surface area contributed by atoms with E-state index in [4.69, 9.17) is 0 Å². The van der Waals surface area contributed by atoms with Crippen molar-refractivity contribution in [1.29, 1.82) is 0 Å². The zero-order chi connectivity index (χ0) is 14.2. The van der Waals surface area contributed by atoms with E-state index in [1.165, 1.54) is 0 Å².